The molecule has 2 bridgehead atoms. The number of rotatable bonds is 6. The van der Waals surface area contributed by atoms with Crippen molar-refractivity contribution in [3.05, 3.63) is 71.3 Å². The van der Waals surface area contributed by atoms with Gasteiger partial charge in [0, 0.05) is 43.6 Å². The Kier molecular flexibility index (Phi) is 5.51. The predicted molar refractivity (Wildman–Crippen MR) is 111 cm³/mol. The standard InChI is InChI=1S/C24H30N2O2/c1-2-28-24(20-11-6-10-19(14-20)23(25)27)21-12-7-13-22(24)17-26(16-21)15-18-8-4-3-5-9-18/h3-6,8-11,14,21-22H,2,7,12-13,15-17H2,1H3,(H2,25,27)/t21-,22+,24+. The molecule has 4 nitrogen and oxygen atoms in total. The third-order valence-electron chi connectivity index (χ3n) is 6.51. The molecular formula is C24H30N2O2. The fourth-order valence-electron chi connectivity index (χ4n) is 5.44. The maximum atomic E-state index is 11.8. The minimum atomic E-state index is -0.375. The first-order valence-electron chi connectivity index (χ1n) is 10.4. The summed E-state index contributed by atoms with van der Waals surface area (Å²) in [5.41, 5.74) is 8.31. The van der Waals surface area contributed by atoms with Crippen molar-refractivity contribution in [3.8, 4) is 0 Å². The fraction of sp³-hybridized carbons (Fsp3) is 0.458. The van der Waals surface area contributed by atoms with Gasteiger partial charge < -0.3 is 10.5 Å². The van der Waals surface area contributed by atoms with Crippen LogP contribution in [-0.4, -0.2) is 30.5 Å². The second-order valence-electron chi connectivity index (χ2n) is 8.18. The van der Waals surface area contributed by atoms with Gasteiger partial charge in [-0.3, -0.25) is 9.69 Å². The van der Waals surface area contributed by atoms with E-state index in [0.717, 1.165) is 38.0 Å². The molecule has 1 aliphatic heterocycles. The van der Waals surface area contributed by atoms with Gasteiger partial charge in [0.1, 0.15) is 5.60 Å². The molecule has 1 heterocycles. The average Bonchev–Trinajstić information content (AvgIpc) is 2.69. The van der Waals surface area contributed by atoms with Crippen LogP contribution >= 0.6 is 0 Å². The quantitative estimate of drug-likeness (QED) is 0.828. The molecule has 0 spiro atoms. The number of hydrogen-bond donors (Lipinski definition) is 1. The lowest BCUT2D eigenvalue weighted by molar-refractivity contribution is -0.184. The molecular weight excluding hydrogens is 348 g/mol. The van der Waals surface area contributed by atoms with Crippen LogP contribution < -0.4 is 5.73 Å². The molecule has 1 saturated carbocycles. The molecule has 148 valence electrons. The van der Waals surface area contributed by atoms with E-state index in [1.165, 1.54) is 12.0 Å². The van der Waals surface area contributed by atoms with Crippen LogP contribution in [0.3, 0.4) is 0 Å². The zero-order valence-electron chi connectivity index (χ0n) is 16.6. The molecule has 2 fully saturated rings. The zero-order chi connectivity index (χ0) is 19.6. The molecule has 28 heavy (non-hydrogen) atoms. The number of ether oxygens (including phenoxy) is 1. The van der Waals surface area contributed by atoms with Gasteiger partial charge in [0.25, 0.3) is 0 Å². The Morgan fingerprint density at radius 2 is 1.82 bits per heavy atom. The molecule has 2 N–H and O–H groups in total. The number of benzene rings is 2. The van der Waals surface area contributed by atoms with E-state index in [2.05, 4.69) is 48.2 Å². The van der Waals surface area contributed by atoms with E-state index in [9.17, 15) is 4.79 Å². The van der Waals surface area contributed by atoms with Crippen molar-refractivity contribution in [2.45, 2.75) is 38.3 Å². The van der Waals surface area contributed by atoms with Crippen LogP contribution in [0, 0.1) is 11.8 Å². The number of fused-ring (bicyclic) bond motifs is 2. The van der Waals surface area contributed by atoms with Gasteiger partial charge in [0.15, 0.2) is 0 Å². The predicted octanol–water partition coefficient (Wildman–Crippen LogP) is 3.95. The van der Waals surface area contributed by atoms with Crippen molar-refractivity contribution < 1.29 is 9.53 Å². The van der Waals surface area contributed by atoms with E-state index in [1.807, 2.05) is 12.1 Å². The lowest BCUT2D eigenvalue weighted by Gasteiger charge is -2.56. The van der Waals surface area contributed by atoms with Crippen molar-refractivity contribution in [2.75, 3.05) is 19.7 Å². The lowest BCUT2D eigenvalue weighted by Crippen LogP contribution is -2.59. The summed E-state index contributed by atoms with van der Waals surface area (Å²) in [5.74, 6) is 0.471. The van der Waals surface area contributed by atoms with E-state index >= 15 is 0 Å². The Labute approximate surface area is 167 Å². The summed E-state index contributed by atoms with van der Waals surface area (Å²) in [6.07, 6.45) is 3.56. The summed E-state index contributed by atoms with van der Waals surface area (Å²) in [7, 11) is 0. The summed E-state index contributed by atoms with van der Waals surface area (Å²) < 4.78 is 6.58. The smallest absolute Gasteiger partial charge is 0.248 e. The highest BCUT2D eigenvalue weighted by atomic mass is 16.5. The van der Waals surface area contributed by atoms with Crippen molar-refractivity contribution >= 4 is 5.91 Å². The van der Waals surface area contributed by atoms with Crippen molar-refractivity contribution in [2.24, 2.45) is 17.6 Å². The van der Waals surface area contributed by atoms with E-state index in [-0.39, 0.29) is 11.5 Å². The molecule has 3 atom stereocenters. The SMILES string of the molecule is CCO[C@@]1(c2cccc(C(N)=O)c2)[C@@H]2CCC[C@H]1CN(Cc1ccccc1)C2. The second-order valence-corrected chi connectivity index (χ2v) is 8.18. The number of hydrogen-bond acceptors (Lipinski definition) is 3. The number of carbonyl (C=O) groups is 1. The van der Waals surface area contributed by atoms with Crippen molar-refractivity contribution in [3.63, 3.8) is 0 Å². The van der Waals surface area contributed by atoms with Crippen LogP contribution in [0.1, 0.15) is 47.7 Å². The molecule has 1 aliphatic carbocycles. The largest absolute Gasteiger partial charge is 0.370 e. The van der Waals surface area contributed by atoms with E-state index in [0.29, 0.717) is 24.0 Å². The summed E-state index contributed by atoms with van der Waals surface area (Å²) in [6, 6.07) is 18.5. The van der Waals surface area contributed by atoms with Gasteiger partial charge >= 0.3 is 0 Å². The van der Waals surface area contributed by atoms with Crippen molar-refractivity contribution in [1.82, 2.24) is 4.90 Å². The van der Waals surface area contributed by atoms with Crippen LogP contribution in [0.2, 0.25) is 0 Å². The number of nitrogens with two attached hydrogens (primary N) is 1. The van der Waals surface area contributed by atoms with Gasteiger partial charge in [-0.25, -0.2) is 0 Å². The Morgan fingerprint density at radius 3 is 2.46 bits per heavy atom. The first-order valence-corrected chi connectivity index (χ1v) is 10.4. The first-order chi connectivity index (χ1) is 13.6. The number of carbonyl (C=O) groups excluding carboxylic acids is 1. The summed E-state index contributed by atoms with van der Waals surface area (Å²) in [6.45, 7) is 5.77. The van der Waals surface area contributed by atoms with Crippen LogP contribution in [-0.2, 0) is 16.9 Å². The van der Waals surface area contributed by atoms with Crippen LogP contribution in [0.4, 0.5) is 0 Å². The van der Waals surface area contributed by atoms with Crippen LogP contribution in [0.5, 0.6) is 0 Å². The molecule has 1 saturated heterocycles. The second kappa shape index (κ2) is 8.06. The maximum absolute atomic E-state index is 11.8. The molecule has 1 amide bonds. The molecule has 2 aromatic rings. The third-order valence-corrected chi connectivity index (χ3v) is 6.51. The molecule has 0 unspecified atom stereocenters. The molecule has 0 radical (unpaired) electrons. The van der Waals surface area contributed by atoms with Gasteiger partial charge in [0.2, 0.25) is 5.91 Å². The minimum absolute atomic E-state index is 0.314. The lowest BCUT2D eigenvalue weighted by atomic mass is 9.62. The van der Waals surface area contributed by atoms with Gasteiger partial charge in [-0.15, -0.1) is 0 Å². The molecule has 0 aromatic heterocycles. The highest BCUT2D eigenvalue weighted by Crippen LogP contribution is 2.52. The van der Waals surface area contributed by atoms with Crippen LogP contribution in [0.25, 0.3) is 0 Å². The number of likely N-dealkylation sites (tertiary alicyclic amines) is 1. The van der Waals surface area contributed by atoms with Gasteiger partial charge in [0.05, 0.1) is 0 Å². The van der Waals surface area contributed by atoms with Gasteiger partial charge in [-0.2, -0.15) is 0 Å². The minimum Gasteiger partial charge on any atom is -0.370 e. The average molecular weight is 379 g/mol. The summed E-state index contributed by atoms with van der Waals surface area (Å²) >= 11 is 0. The summed E-state index contributed by atoms with van der Waals surface area (Å²) in [4.78, 5) is 14.4. The molecule has 2 aromatic carbocycles. The van der Waals surface area contributed by atoms with Crippen molar-refractivity contribution in [1.29, 1.82) is 0 Å². The molecule has 4 rings (SSSR count). The topological polar surface area (TPSA) is 55.6 Å². The van der Waals surface area contributed by atoms with E-state index in [1.54, 1.807) is 6.07 Å². The molecule has 4 heteroatoms. The summed E-state index contributed by atoms with van der Waals surface area (Å²) in [5, 5.41) is 0. The highest BCUT2D eigenvalue weighted by molar-refractivity contribution is 5.92. The molecule has 2 aliphatic rings. The maximum Gasteiger partial charge on any atom is 0.248 e. The Hall–Kier alpha value is -2.17. The third kappa shape index (κ3) is 3.47. The zero-order valence-corrected chi connectivity index (χ0v) is 16.6. The Bertz CT molecular complexity index is 806. The fourth-order valence-corrected chi connectivity index (χ4v) is 5.44. The number of primary amides is 1. The van der Waals surface area contributed by atoms with E-state index in [4.69, 9.17) is 10.5 Å². The number of amides is 1. The van der Waals surface area contributed by atoms with Gasteiger partial charge in [-0.1, -0.05) is 48.9 Å². The van der Waals surface area contributed by atoms with E-state index < -0.39 is 0 Å². The first kappa shape index (κ1) is 19.2. The monoisotopic (exact) mass is 378 g/mol. The highest BCUT2D eigenvalue weighted by Gasteiger charge is 2.53. The number of piperidine rings is 1. The van der Waals surface area contributed by atoms with Gasteiger partial charge in [-0.05, 0) is 43.0 Å². The normalized spacial score (nSPS) is 27.5. The Balaban J connectivity index is 1.66. The van der Waals surface area contributed by atoms with Crippen LogP contribution in [0.15, 0.2) is 54.6 Å². The Morgan fingerprint density at radius 1 is 1.11 bits per heavy atom. The number of nitrogens with zero attached hydrogens (tertiary/aromatic N) is 1.